The summed E-state index contributed by atoms with van der Waals surface area (Å²) in [6.45, 7) is 0. The fourth-order valence-corrected chi connectivity index (χ4v) is 3.83. The van der Waals surface area contributed by atoms with Gasteiger partial charge in [-0.3, -0.25) is 14.8 Å². The van der Waals surface area contributed by atoms with Gasteiger partial charge in [0.15, 0.2) is 0 Å². The van der Waals surface area contributed by atoms with Gasteiger partial charge in [-0.25, -0.2) is 9.37 Å². The monoisotopic (exact) mass is 354 g/mol. The predicted molar refractivity (Wildman–Crippen MR) is 92.7 cm³/mol. The molecule has 1 aromatic carbocycles. The van der Waals surface area contributed by atoms with Gasteiger partial charge in [0, 0.05) is 17.8 Å². The van der Waals surface area contributed by atoms with E-state index in [4.69, 9.17) is 0 Å². The SMILES string of the molecule is O=C(NC1CCCc2cc(F)ccc21)c1csc(-c2cnccn2)n1. The minimum Gasteiger partial charge on any atom is -0.344 e. The van der Waals surface area contributed by atoms with Gasteiger partial charge < -0.3 is 5.32 Å². The summed E-state index contributed by atoms with van der Waals surface area (Å²) < 4.78 is 13.4. The number of aryl methyl sites for hydroxylation is 1. The van der Waals surface area contributed by atoms with Crippen molar-refractivity contribution in [2.45, 2.75) is 25.3 Å². The zero-order valence-corrected chi connectivity index (χ0v) is 14.1. The summed E-state index contributed by atoms with van der Waals surface area (Å²) in [4.78, 5) is 25.1. The van der Waals surface area contributed by atoms with Gasteiger partial charge >= 0.3 is 0 Å². The van der Waals surface area contributed by atoms with Crippen LogP contribution in [-0.2, 0) is 6.42 Å². The van der Waals surface area contributed by atoms with Gasteiger partial charge in [0.1, 0.15) is 22.2 Å². The van der Waals surface area contributed by atoms with E-state index in [1.54, 1.807) is 36.1 Å². The lowest BCUT2D eigenvalue weighted by molar-refractivity contribution is 0.0928. The molecule has 1 N–H and O–H groups in total. The van der Waals surface area contributed by atoms with Gasteiger partial charge in [-0.15, -0.1) is 11.3 Å². The van der Waals surface area contributed by atoms with Crippen molar-refractivity contribution in [1.82, 2.24) is 20.3 Å². The van der Waals surface area contributed by atoms with Crippen LogP contribution in [0.2, 0.25) is 0 Å². The van der Waals surface area contributed by atoms with Gasteiger partial charge in [-0.1, -0.05) is 6.07 Å². The summed E-state index contributed by atoms with van der Waals surface area (Å²) in [7, 11) is 0. The van der Waals surface area contributed by atoms with Crippen molar-refractivity contribution in [3.8, 4) is 10.7 Å². The number of nitrogens with one attached hydrogen (secondary N) is 1. The third-order valence-corrected chi connectivity index (χ3v) is 5.11. The highest BCUT2D eigenvalue weighted by atomic mass is 32.1. The van der Waals surface area contributed by atoms with Gasteiger partial charge in [-0.05, 0) is 42.5 Å². The van der Waals surface area contributed by atoms with Crippen LogP contribution in [0.3, 0.4) is 0 Å². The molecular formula is C18H15FN4OS. The van der Waals surface area contributed by atoms with Crippen LogP contribution in [0.25, 0.3) is 10.7 Å². The average Bonchev–Trinajstić information content (AvgIpc) is 3.13. The second kappa shape index (κ2) is 6.68. The van der Waals surface area contributed by atoms with Crippen molar-refractivity contribution in [2.75, 3.05) is 0 Å². The Kier molecular flexibility index (Phi) is 4.23. The number of rotatable bonds is 3. The van der Waals surface area contributed by atoms with Crippen molar-refractivity contribution in [3.63, 3.8) is 0 Å². The molecule has 0 saturated heterocycles. The first-order chi connectivity index (χ1) is 12.2. The Hall–Kier alpha value is -2.67. The molecule has 1 amide bonds. The van der Waals surface area contributed by atoms with Gasteiger partial charge in [0.2, 0.25) is 0 Å². The molecular weight excluding hydrogens is 339 g/mol. The van der Waals surface area contributed by atoms with Crippen LogP contribution in [0.5, 0.6) is 0 Å². The number of nitrogens with zero attached hydrogens (tertiary/aromatic N) is 3. The fraction of sp³-hybridized carbons (Fsp3) is 0.222. The molecule has 1 unspecified atom stereocenters. The van der Waals surface area contributed by atoms with Crippen LogP contribution >= 0.6 is 11.3 Å². The molecule has 0 radical (unpaired) electrons. The van der Waals surface area contributed by atoms with Crippen LogP contribution in [0.4, 0.5) is 4.39 Å². The van der Waals surface area contributed by atoms with E-state index in [2.05, 4.69) is 20.3 Å². The maximum absolute atomic E-state index is 13.4. The molecule has 1 atom stereocenters. The Morgan fingerprint density at radius 1 is 1.32 bits per heavy atom. The summed E-state index contributed by atoms with van der Waals surface area (Å²) in [6, 6.07) is 4.65. The van der Waals surface area contributed by atoms with Gasteiger partial charge in [-0.2, -0.15) is 0 Å². The summed E-state index contributed by atoms with van der Waals surface area (Å²) in [5.41, 5.74) is 2.96. The second-order valence-corrected chi connectivity index (χ2v) is 6.75. The number of aromatic nitrogens is 3. The Morgan fingerprint density at radius 2 is 2.24 bits per heavy atom. The Labute approximate surface area is 148 Å². The van der Waals surface area contributed by atoms with Crippen LogP contribution in [0, 0.1) is 5.82 Å². The Bertz CT molecular complexity index is 912. The number of hydrogen-bond donors (Lipinski definition) is 1. The lowest BCUT2D eigenvalue weighted by atomic mass is 9.87. The lowest BCUT2D eigenvalue weighted by Gasteiger charge is -2.26. The molecule has 7 heteroatoms. The molecule has 126 valence electrons. The number of amides is 1. The first-order valence-electron chi connectivity index (χ1n) is 8.02. The van der Waals surface area contributed by atoms with E-state index in [-0.39, 0.29) is 17.8 Å². The summed E-state index contributed by atoms with van der Waals surface area (Å²) in [5, 5.41) is 5.40. The minimum atomic E-state index is -0.237. The first kappa shape index (κ1) is 15.8. The molecule has 0 fully saturated rings. The van der Waals surface area contributed by atoms with Crippen molar-refractivity contribution >= 4 is 17.2 Å². The summed E-state index contributed by atoms with van der Waals surface area (Å²) in [5.74, 6) is -0.465. The highest BCUT2D eigenvalue weighted by Crippen LogP contribution is 2.30. The molecule has 1 aliphatic rings. The van der Waals surface area contributed by atoms with E-state index in [1.807, 2.05) is 0 Å². The van der Waals surface area contributed by atoms with Crippen LogP contribution < -0.4 is 5.32 Å². The molecule has 25 heavy (non-hydrogen) atoms. The smallest absolute Gasteiger partial charge is 0.271 e. The average molecular weight is 354 g/mol. The first-order valence-corrected chi connectivity index (χ1v) is 8.90. The number of hydrogen-bond acceptors (Lipinski definition) is 5. The highest BCUT2D eigenvalue weighted by molar-refractivity contribution is 7.13. The second-order valence-electron chi connectivity index (χ2n) is 5.89. The summed E-state index contributed by atoms with van der Waals surface area (Å²) in [6.07, 6.45) is 7.40. The molecule has 0 aliphatic heterocycles. The maximum Gasteiger partial charge on any atom is 0.271 e. The van der Waals surface area contributed by atoms with Crippen molar-refractivity contribution < 1.29 is 9.18 Å². The largest absolute Gasteiger partial charge is 0.344 e. The number of halogens is 1. The fourth-order valence-electron chi connectivity index (χ4n) is 3.07. The highest BCUT2D eigenvalue weighted by Gasteiger charge is 2.23. The van der Waals surface area contributed by atoms with Gasteiger partial charge in [0.05, 0.1) is 12.2 Å². The van der Waals surface area contributed by atoms with E-state index in [0.29, 0.717) is 16.4 Å². The van der Waals surface area contributed by atoms with E-state index < -0.39 is 0 Å². The molecule has 2 aromatic heterocycles. The molecule has 0 spiro atoms. The number of fused-ring (bicyclic) bond motifs is 1. The van der Waals surface area contributed by atoms with E-state index >= 15 is 0 Å². The van der Waals surface area contributed by atoms with E-state index in [9.17, 15) is 9.18 Å². The van der Waals surface area contributed by atoms with Crippen molar-refractivity contribution in [1.29, 1.82) is 0 Å². The molecule has 0 bridgehead atoms. The van der Waals surface area contributed by atoms with Crippen LogP contribution in [0.15, 0.2) is 42.2 Å². The molecule has 0 saturated carbocycles. The standard InChI is InChI=1S/C18H15FN4OS/c19-12-4-5-13-11(8-12)2-1-3-14(13)22-17(24)16-10-25-18(23-16)15-9-20-6-7-21-15/h4-10,14H,1-3H2,(H,22,24). The molecule has 1 aliphatic carbocycles. The van der Waals surface area contributed by atoms with Crippen LogP contribution in [0.1, 0.15) is 40.5 Å². The minimum absolute atomic E-state index is 0.112. The molecule has 5 nitrogen and oxygen atoms in total. The predicted octanol–water partition coefficient (Wildman–Crippen LogP) is 3.55. The van der Waals surface area contributed by atoms with Crippen molar-refractivity contribution in [3.05, 3.63) is 64.8 Å². The quantitative estimate of drug-likeness (QED) is 0.781. The number of carbonyl (C=O) groups excluding carboxylic acids is 1. The Balaban J connectivity index is 1.53. The normalized spacial score (nSPS) is 16.3. The van der Waals surface area contributed by atoms with Crippen LogP contribution in [-0.4, -0.2) is 20.9 Å². The Morgan fingerprint density at radius 3 is 3.08 bits per heavy atom. The lowest BCUT2D eigenvalue weighted by Crippen LogP contribution is -2.31. The third kappa shape index (κ3) is 3.28. The summed E-state index contributed by atoms with van der Waals surface area (Å²) >= 11 is 1.36. The molecule has 4 rings (SSSR count). The van der Waals surface area contributed by atoms with Crippen molar-refractivity contribution in [2.24, 2.45) is 0 Å². The number of benzene rings is 1. The zero-order chi connectivity index (χ0) is 17.2. The molecule has 2 heterocycles. The third-order valence-electron chi connectivity index (χ3n) is 4.24. The van der Waals surface area contributed by atoms with Gasteiger partial charge in [0.25, 0.3) is 5.91 Å². The number of thiazole rings is 1. The van der Waals surface area contributed by atoms with E-state index in [0.717, 1.165) is 30.4 Å². The maximum atomic E-state index is 13.4. The van der Waals surface area contributed by atoms with E-state index in [1.165, 1.54) is 17.4 Å². The molecule has 3 aromatic rings. The zero-order valence-electron chi connectivity index (χ0n) is 13.3. The number of carbonyl (C=O) groups is 1. The topological polar surface area (TPSA) is 67.8 Å².